The molecule has 18 heavy (non-hydrogen) atoms. The van der Waals surface area contributed by atoms with Gasteiger partial charge in [0.2, 0.25) is 0 Å². The molecule has 0 saturated heterocycles. The van der Waals surface area contributed by atoms with Crippen LogP contribution in [0, 0.1) is 0 Å². The number of fused-ring (bicyclic) bond motifs is 1. The number of carbonyl (C=O) groups is 1. The SMILES string of the molecule is CNC(=O)C1=CCN=C1c1c[nH]c2ccccc12. The number of amides is 1. The molecule has 1 aliphatic heterocycles. The Morgan fingerprint density at radius 2 is 2.22 bits per heavy atom. The average molecular weight is 239 g/mol. The van der Waals surface area contributed by atoms with Gasteiger partial charge in [0.05, 0.1) is 17.8 Å². The Labute approximate surface area is 104 Å². The topological polar surface area (TPSA) is 57.2 Å². The van der Waals surface area contributed by atoms with Gasteiger partial charge in [0.1, 0.15) is 0 Å². The van der Waals surface area contributed by atoms with Crippen molar-refractivity contribution < 1.29 is 4.79 Å². The predicted octanol–water partition coefficient (Wildman–Crippen LogP) is 1.64. The van der Waals surface area contributed by atoms with E-state index in [0.29, 0.717) is 12.1 Å². The largest absolute Gasteiger partial charge is 0.360 e. The maximum atomic E-state index is 11.8. The second kappa shape index (κ2) is 4.14. The Morgan fingerprint density at radius 1 is 1.39 bits per heavy atom. The highest BCUT2D eigenvalue weighted by Gasteiger charge is 2.22. The minimum Gasteiger partial charge on any atom is -0.360 e. The number of hydrogen-bond donors (Lipinski definition) is 2. The molecule has 0 bridgehead atoms. The van der Waals surface area contributed by atoms with Crippen molar-refractivity contribution in [1.29, 1.82) is 0 Å². The number of hydrogen-bond acceptors (Lipinski definition) is 2. The molecule has 0 radical (unpaired) electrons. The molecule has 1 aromatic carbocycles. The molecule has 2 aromatic rings. The molecular weight excluding hydrogens is 226 g/mol. The summed E-state index contributed by atoms with van der Waals surface area (Å²) in [5, 5.41) is 3.74. The number of aromatic amines is 1. The normalized spacial score (nSPS) is 14.5. The number of aromatic nitrogens is 1. The third-order valence-electron chi connectivity index (χ3n) is 3.12. The summed E-state index contributed by atoms with van der Waals surface area (Å²) in [6, 6.07) is 8.01. The Morgan fingerprint density at radius 3 is 3.06 bits per heavy atom. The van der Waals surface area contributed by atoms with Crippen molar-refractivity contribution in [2.24, 2.45) is 4.99 Å². The van der Waals surface area contributed by atoms with Crippen molar-refractivity contribution in [3.05, 3.63) is 47.7 Å². The van der Waals surface area contributed by atoms with Gasteiger partial charge in [0.25, 0.3) is 5.91 Å². The van der Waals surface area contributed by atoms with Crippen molar-refractivity contribution in [2.45, 2.75) is 0 Å². The van der Waals surface area contributed by atoms with Crippen LogP contribution in [0.3, 0.4) is 0 Å². The van der Waals surface area contributed by atoms with E-state index in [-0.39, 0.29) is 5.91 Å². The molecule has 2 N–H and O–H groups in total. The molecule has 0 atom stereocenters. The molecule has 0 saturated carbocycles. The highest BCUT2D eigenvalue weighted by Crippen LogP contribution is 2.23. The zero-order valence-corrected chi connectivity index (χ0v) is 10.0. The summed E-state index contributed by atoms with van der Waals surface area (Å²) >= 11 is 0. The minimum atomic E-state index is -0.0865. The monoisotopic (exact) mass is 239 g/mol. The van der Waals surface area contributed by atoms with Gasteiger partial charge < -0.3 is 10.3 Å². The molecule has 4 heteroatoms. The van der Waals surface area contributed by atoms with E-state index < -0.39 is 0 Å². The smallest absolute Gasteiger partial charge is 0.252 e. The van der Waals surface area contributed by atoms with Crippen LogP contribution in [0.2, 0.25) is 0 Å². The van der Waals surface area contributed by atoms with Gasteiger partial charge in [-0.2, -0.15) is 0 Å². The van der Waals surface area contributed by atoms with Crippen LogP contribution in [0.5, 0.6) is 0 Å². The second-order valence-corrected chi connectivity index (χ2v) is 4.13. The van der Waals surface area contributed by atoms with E-state index in [1.165, 1.54) is 0 Å². The summed E-state index contributed by atoms with van der Waals surface area (Å²) in [5.74, 6) is -0.0865. The first-order chi connectivity index (χ1) is 8.81. The summed E-state index contributed by atoms with van der Waals surface area (Å²) < 4.78 is 0. The zero-order chi connectivity index (χ0) is 12.5. The molecule has 2 heterocycles. The number of nitrogens with one attached hydrogen (secondary N) is 2. The molecule has 0 fully saturated rings. The number of nitrogens with zero attached hydrogens (tertiary/aromatic N) is 1. The van der Waals surface area contributed by atoms with E-state index in [0.717, 1.165) is 22.2 Å². The number of para-hydroxylation sites is 1. The summed E-state index contributed by atoms with van der Waals surface area (Å²) in [6.07, 6.45) is 3.77. The maximum absolute atomic E-state index is 11.8. The number of likely N-dealkylation sites (N-methyl/N-ethyl adjacent to an activating group) is 1. The zero-order valence-electron chi connectivity index (χ0n) is 10.0. The molecule has 1 amide bonds. The van der Waals surface area contributed by atoms with Crippen molar-refractivity contribution in [3.63, 3.8) is 0 Å². The molecule has 0 unspecified atom stereocenters. The number of rotatable bonds is 2. The summed E-state index contributed by atoms with van der Waals surface area (Å²) in [4.78, 5) is 19.4. The quantitative estimate of drug-likeness (QED) is 0.822. The van der Waals surface area contributed by atoms with Crippen LogP contribution >= 0.6 is 0 Å². The lowest BCUT2D eigenvalue weighted by Crippen LogP contribution is -2.24. The van der Waals surface area contributed by atoms with Gasteiger partial charge in [0, 0.05) is 29.7 Å². The van der Waals surface area contributed by atoms with Crippen LogP contribution in [-0.4, -0.2) is 30.2 Å². The standard InChI is InChI=1S/C14H13N3O/c1-15-14(18)10-6-7-16-13(10)11-8-17-12-5-3-2-4-9(11)12/h2-6,8,17H,7H2,1H3,(H,15,18). The van der Waals surface area contributed by atoms with Crippen molar-refractivity contribution >= 4 is 22.5 Å². The van der Waals surface area contributed by atoms with Crippen molar-refractivity contribution in [2.75, 3.05) is 13.6 Å². The molecule has 1 aromatic heterocycles. The summed E-state index contributed by atoms with van der Waals surface area (Å²) in [7, 11) is 1.63. The van der Waals surface area contributed by atoms with Crippen LogP contribution in [0.4, 0.5) is 0 Å². The Kier molecular flexibility index (Phi) is 2.48. The third kappa shape index (κ3) is 1.54. The molecule has 1 aliphatic rings. The third-order valence-corrected chi connectivity index (χ3v) is 3.12. The molecular formula is C14H13N3O. The number of H-pyrrole nitrogens is 1. The highest BCUT2D eigenvalue weighted by atomic mass is 16.1. The molecule has 0 aliphatic carbocycles. The van der Waals surface area contributed by atoms with Gasteiger partial charge in [-0.25, -0.2) is 0 Å². The van der Waals surface area contributed by atoms with E-state index in [4.69, 9.17) is 0 Å². The van der Waals surface area contributed by atoms with E-state index in [2.05, 4.69) is 15.3 Å². The number of carbonyl (C=O) groups excluding carboxylic acids is 1. The lowest BCUT2D eigenvalue weighted by molar-refractivity contribution is -0.116. The summed E-state index contributed by atoms with van der Waals surface area (Å²) in [6.45, 7) is 0.567. The van der Waals surface area contributed by atoms with Gasteiger partial charge in [-0.3, -0.25) is 9.79 Å². The van der Waals surface area contributed by atoms with Crippen LogP contribution < -0.4 is 5.32 Å². The van der Waals surface area contributed by atoms with Gasteiger partial charge in [-0.1, -0.05) is 18.2 Å². The Hall–Kier alpha value is -2.36. The lowest BCUT2D eigenvalue weighted by Gasteiger charge is -2.04. The molecule has 4 nitrogen and oxygen atoms in total. The second-order valence-electron chi connectivity index (χ2n) is 4.13. The molecule has 3 rings (SSSR count). The first-order valence-corrected chi connectivity index (χ1v) is 5.85. The number of benzene rings is 1. The number of aliphatic imine (C=N–C) groups is 1. The fourth-order valence-corrected chi connectivity index (χ4v) is 2.24. The van der Waals surface area contributed by atoms with E-state index in [1.54, 1.807) is 7.05 Å². The predicted molar refractivity (Wildman–Crippen MR) is 71.9 cm³/mol. The van der Waals surface area contributed by atoms with Gasteiger partial charge in [-0.05, 0) is 12.1 Å². The first-order valence-electron chi connectivity index (χ1n) is 5.85. The van der Waals surface area contributed by atoms with E-state index >= 15 is 0 Å². The van der Waals surface area contributed by atoms with E-state index in [1.807, 2.05) is 36.5 Å². The van der Waals surface area contributed by atoms with Crippen LogP contribution in [-0.2, 0) is 4.79 Å². The Bertz CT molecular complexity index is 679. The average Bonchev–Trinajstić information content (AvgIpc) is 3.03. The van der Waals surface area contributed by atoms with E-state index in [9.17, 15) is 4.79 Å². The fraction of sp³-hybridized carbons (Fsp3) is 0.143. The van der Waals surface area contributed by atoms with Crippen LogP contribution in [0.15, 0.2) is 47.1 Å². The van der Waals surface area contributed by atoms with Crippen LogP contribution in [0.25, 0.3) is 10.9 Å². The lowest BCUT2D eigenvalue weighted by atomic mass is 10.0. The summed E-state index contributed by atoms with van der Waals surface area (Å²) in [5.41, 5.74) is 3.46. The highest BCUT2D eigenvalue weighted by molar-refractivity contribution is 6.31. The first kappa shape index (κ1) is 10.8. The Balaban J connectivity index is 2.11. The van der Waals surface area contributed by atoms with Crippen molar-refractivity contribution in [1.82, 2.24) is 10.3 Å². The molecule has 0 spiro atoms. The maximum Gasteiger partial charge on any atom is 0.252 e. The van der Waals surface area contributed by atoms with Gasteiger partial charge in [-0.15, -0.1) is 0 Å². The minimum absolute atomic E-state index is 0.0865. The van der Waals surface area contributed by atoms with Crippen molar-refractivity contribution in [3.8, 4) is 0 Å². The fourth-order valence-electron chi connectivity index (χ4n) is 2.24. The van der Waals surface area contributed by atoms with Gasteiger partial charge >= 0.3 is 0 Å². The van der Waals surface area contributed by atoms with Gasteiger partial charge in [0.15, 0.2) is 0 Å². The van der Waals surface area contributed by atoms with Crippen LogP contribution in [0.1, 0.15) is 5.56 Å². The molecule has 90 valence electrons.